The highest BCUT2D eigenvalue weighted by molar-refractivity contribution is 6.05. The highest BCUT2D eigenvalue weighted by Crippen LogP contribution is 2.33. The number of benzene rings is 2. The van der Waals surface area contributed by atoms with Gasteiger partial charge in [0.1, 0.15) is 17.6 Å². The molecule has 2 aromatic carbocycles. The molecule has 2 aromatic heterocycles. The highest BCUT2D eigenvalue weighted by atomic mass is 19.4. The monoisotopic (exact) mass is 599 g/mol. The lowest BCUT2D eigenvalue weighted by molar-refractivity contribution is -0.141. The van der Waals surface area contributed by atoms with Crippen LogP contribution >= 0.6 is 0 Å². The van der Waals surface area contributed by atoms with E-state index >= 15 is 0 Å². The van der Waals surface area contributed by atoms with Crippen molar-refractivity contribution in [1.29, 1.82) is 0 Å². The summed E-state index contributed by atoms with van der Waals surface area (Å²) < 4.78 is 46.3. The quantitative estimate of drug-likeness (QED) is 0.225. The molecule has 0 unspecified atom stereocenters. The number of aryl methyl sites for hydroxylation is 1. The third-order valence-electron chi connectivity index (χ3n) is 6.81. The van der Waals surface area contributed by atoms with Crippen LogP contribution in [0.25, 0.3) is 16.8 Å². The number of anilines is 1. The summed E-state index contributed by atoms with van der Waals surface area (Å²) in [7, 11) is 1.38. The second kappa shape index (κ2) is 12.9. The number of alkyl halides is 3. The predicted octanol–water partition coefficient (Wildman–Crippen LogP) is 5.81. The number of rotatable bonds is 4. The maximum Gasteiger partial charge on any atom is 0.433 e. The van der Waals surface area contributed by atoms with Gasteiger partial charge in [-0.3, -0.25) is 9.79 Å². The molecule has 1 atom stereocenters. The van der Waals surface area contributed by atoms with Crippen LogP contribution in [0.5, 0.6) is 0 Å². The average molecular weight is 600 g/mol. The van der Waals surface area contributed by atoms with Crippen LogP contribution in [0.3, 0.4) is 0 Å². The molecule has 5 rings (SSSR count). The van der Waals surface area contributed by atoms with E-state index in [1.807, 2.05) is 54.6 Å². The zero-order valence-corrected chi connectivity index (χ0v) is 23.8. The number of pyridine rings is 1. The number of ether oxygens (including phenoxy) is 1. The van der Waals surface area contributed by atoms with Gasteiger partial charge in [-0.25, -0.2) is 19.9 Å². The van der Waals surface area contributed by atoms with Crippen molar-refractivity contribution in [3.63, 3.8) is 0 Å². The number of carbonyl (C=O) groups is 1. The van der Waals surface area contributed by atoms with Gasteiger partial charge >= 0.3 is 6.18 Å². The van der Waals surface area contributed by atoms with Gasteiger partial charge in [-0.2, -0.15) is 13.2 Å². The SMILES string of the molecule is CN=C(OC(N)=N[C@H]1CC/C=C(/c2ccccc2)c2ccccc2NC1=O)c1ccc(C(F)(F)F)nc1-c1cnc(C)nc1. The number of aromatic nitrogens is 3. The van der Waals surface area contributed by atoms with Crippen molar-refractivity contribution in [1.82, 2.24) is 15.0 Å². The summed E-state index contributed by atoms with van der Waals surface area (Å²) in [5, 5.41) is 2.95. The molecule has 0 spiro atoms. The lowest BCUT2D eigenvalue weighted by atomic mass is 9.95. The second-order valence-electron chi connectivity index (χ2n) is 9.82. The minimum absolute atomic E-state index is 0.106. The summed E-state index contributed by atoms with van der Waals surface area (Å²) in [6.07, 6.45) is 0.888. The van der Waals surface area contributed by atoms with Crippen LogP contribution in [-0.4, -0.2) is 45.9 Å². The summed E-state index contributed by atoms with van der Waals surface area (Å²) in [6, 6.07) is 18.0. The molecule has 44 heavy (non-hydrogen) atoms. The first-order valence-corrected chi connectivity index (χ1v) is 13.7. The Hall–Kier alpha value is -5.39. The lowest BCUT2D eigenvalue weighted by Gasteiger charge is -2.16. The number of nitrogens with one attached hydrogen (secondary N) is 1. The molecule has 1 amide bonds. The van der Waals surface area contributed by atoms with Gasteiger partial charge in [0.15, 0.2) is 0 Å². The van der Waals surface area contributed by atoms with Crippen molar-refractivity contribution in [2.45, 2.75) is 32.0 Å². The van der Waals surface area contributed by atoms with Crippen molar-refractivity contribution >= 4 is 29.1 Å². The zero-order valence-electron chi connectivity index (χ0n) is 23.8. The van der Waals surface area contributed by atoms with Gasteiger partial charge in [0.2, 0.25) is 11.8 Å². The Kier molecular flexibility index (Phi) is 8.79. The molecule has 1 aliphatic heterocycles. The number of aliphatic imine (C=N–C) groups is 2. The summed E-state index contributed by atoms with van der Waals surface area (Å²) in [5.41, 5.74) is 8.71. The minimum Gasteiger partial charge on any atom is -0.407 e. The summed E-state index contributed by atoms with van der Waals surface area (Å²) in [5.74, 6) is -0.112. The maximum absolute atomic E-state index is 13.5. The molecule has 1 aliphatic rings. The number of fused-ring (bicyclic) bond motifs is 1. The topological polar surface area (TPSA) is 128 Å². The zero-order chi connectivity index (χ0) is 31.3. The van der Waals surface area contributed by atoms with Crippen LogP contribution in [0.1, 0.15) is 41.1 Å². The van der Waals surface area contributed by atoms with E-state index in [0.29, 0.717) is 24.4 Å². The maximum atomic E-state index is 13.5. The molecule has 4 aromatic rings. The van der Waals surface area contributed by atoms with Gasteiger partial charge in [-0.05, 0) is 49.1 Å². The van der Waals surface area contributed by atoms with Gasteiger partial charge in [-0.15, -0.1) is 0 Å². The number of amides is 1. The van der Waals surface area contributed by atoms with Crippen LogP contribution < -0.4 is 11.1 Å². The fourth-order valence-electron chi connectivity index (χ4n) is 4.71. The minimum atomic E-state index is -4.69. The molecule has 0 fully saturated rings. The standard InChI is InChI=1S/C32H28F3N7O2/c1-19-38-17-21(18-39-19)28-24(15-16-27(42-28)32(33,34)35)30(37-2)44-31(36)41-26-14-8-12-22(20-9-4-3-5-10-20)23-11-6-7-13-25(23)40-29(26)43/h3-7,9-13,15-18,26H,8,14H2,1-2H3,(H2,36,41)(H,40,43)/b22-12-,37-30?/t26-/m0/s1. The van der Waals surface area contributed by atoms with E-state index in [1.165, 1.54) is 25.5 Å². The van der Waals surface area contributed by atoms with Gasteiger partial charge < -0.3 is 15.8 Å². The lowest BCUT2D eigenvalue weighted by Crippen LogP contribution is -2.31. The molecule has 224 valence electrons. The third kappa shape index (κ3) is 6.80. The van der Waals surface area contributed by atoms with Crippen LogP contribution in [0, 0.1) is 6.92 Å². The van der Waals surface area contributed by atoms with Gasteiger partial charge in [0.05, 0.1) is 11.3 Å². The first-order chi connectivity index (χ1) is 21.1. The van der Waals surface area contributed by atoms with E-state index in [-0.39, 0.29) is 22.7 Å². The molecule has 3 N–H and O–H groups in total. The molecule has 0 aliphatic carbocycles. The smallest absolute Gasteiger partial charge is 0.407 e. The number of para-hydroxylation sites is 1. The number of allylic oxidation sites excluding steroid dienone is 1. The molecule has 0 bridgehead atoms. The van der Waals surface area contributed by atoms with E-state index in [9.17, 15) is 18.0 Å². The molecule has 3 heterocycles. The molecule has 0 saturated carbocycles. The number of amidine groups is 1. The van der Waals surface area contributed by atoms with Crippen LogP contribution in [0.15, 0.2) is 95.2 Å². The molecular weight excluding hydrogens is 571 g/mol. The summed E-state index contributed by atoms with van der Waals surface area (Å²) >= 11 is 0. The fourth-order valence-corrected chi connectivity index (χ4v) is 4.71. The van der Waals surface area contributed by atoms with Gasteiger partial charge in [0, 0.05) is 36.3 Å². The van der Waals surface area contributed by atoms with Crippen LogP contribution in [0.4, 0.5) is 18.9 Å². The van der Waals surface area contributed by atoms with Gasteiger partial charge in [-0.1, -0.05) is 54.6 Å². The van der Waals surface area contributed by atoms with E-state index < -0.39 is 29.8 Å². The van der Waals surface area contributed by atoms with E-state index in [4.69, 9.17) is 10.5 Å². The molecular formula is C32H28F3N7O2. The summed E-state index contributed by atoms with van der Waals surface area (Å²) in [4.78, 5) is 33.8. The Bertz CT molecular complexity index is 1750. The highest BCUT2D eigenvalue weighted by Gasteiger charge is 2.34. The molecule has 0 radical (unpaired) electrons. The largest absolute Gasteiger partial charge is 0.433 e. The molecule has 0 saturated heterocycles. The van der Waals surface area contributed by atoms with E-state index in [1.54, 1.807) is 6.92 Å². The molecule has 9 nitrogen and oxygen atoms in total. The summed E-state index contributed by atoms with van der Waals surface area (Å²) in [6.45, 7) is 1.65. The Morgan fingerprint density at radius 2 is 1.70 bits per heavy atom. The Morgan fingerprint density at radius 3 is 2.41 bits per heavy atom. The van der Waals surface area contributed by atoms with Crippen LogP contribution in [-0.2, 0) is 15.7 Å². The first kappa shape index (κ1) is 30.1. The second-order valence-corrected chi connectivity index (χ2v) is 9.82. The Labute approximate surface area is 251 Å². The Balaban J connectivity index is 1.45. The van der Waals surface area contributed by atoms with Crippen molar-refractivity contribution in [3.05, 3.63) is 113 Å². The van der Waals surface area contributed by atoms with Crippen molar-refractivity contribution in [3.8, 4) is 11.3 Å². The normalized spacial score (nSPS) is 17.3. The van der Waals surface area contributed by atoms with Gasteiger partial charge in [0.25, 0.3) is 6.02 Å². The predicted molar refractivity (Wildman–Crippen MR) is 162 cm³/mol. The first-order valence-electron chi connectivity index (χ1n) is 13.7. The average Bonchev–Trinajstić information content (AvgIpc) is 3.08. The third-order valence-corrected chi connectivity index (χ3v) is 6.81. The van der Waals surface area contributed by atoms with Crippen molar-refractivity contribution in [2.24, 2.45) is 15.7 Å². The molecule has 12 heteroatoms. The number of halogens is 3. The van der Waals surface area contributed by atoms with E-state index in [2.05, 4.69) is 36.3 Å². The Morgan fingerprint density at radius 1 is 1.00 bits per heavy atom. The van der Waals surface area contributed by atoms with Crippen LogP contribution in [0.2, 0.25) is 0 Å². The fraction of sp³-hybridized carbons (Fsp3) is 0.188. The number of hydrogen-bond donors (Lipinski definition) is 2. The van der Waals surface area contributed by atoms with Crippen molar-refractivity contribution < 1.29 is 22.7 Å². The van der Waals surface area contributed by atoms with Crippen molar-refractivity contribution in [2.75, 3.05) is 12.4 Å². The van der Waals surface area contributed by atoms with E-state index in [0.717, 1.165) is 22.8 Å². The number of carbonyl (C=O) groups excluding carboxylic acids is 1. The number of nitrogens with two attached hydrogens (primary N) is 1. The number of hydrogen-bond acceptors (Lipinski definition) is 7. The number of nitrogens with zero attached hydrogens (tertiary/aromatic N) is 5.